The second-order valence-electron chi connectivity index (χ2n) is 8.75. The summed E-state index contributed by atoms with van der Waals surface area (Å²) in [6.45, 7) is 8.30. The van der Waals surface area contributed by atoms with Crippen LogP contribution in [0.2, 0.25) is 0 Å². The average molecular weight is 412 g/mol. The third kappa shape index (κ3) is 4.09. The van der Waals surface area contributed by atoms with E-state index < -0.39 is 0 Å². The Bertz CT molecular complexity index is 1230. The maximum Gasteiger partial charge on any atom is 0.130 e. The summed E-state index contributed by atoms with van der Waals surface area (Å²) in [6, 6.07) is 19.7. The van der Waals surface area contributed by atoms with E-state index in [2.05, 4.69) is 68.4 Å². The van der Waals surface area contributed by atoms with Crippen LogP contribution < -0.4 is 0 Å². The Morgan fingerprint density at radius 2 is 1.65 bits per heavy atom. The Hall–Kier alpha value is -3.46. The number of oxime groups is 1. The summed E-state index contributed by atoms with van der Waals surface area (Å²) in [7, 11) is 0. The van der Waals surface area contributed by atoms with E-state index in [-0.39, 0.29) is 11.2 Å². The fourth-order valence-electron chi connectivity index (χ4n) is 4.08. The minimum atomic E-state index is -0.296. The zero-order valence-electron chi connectivity index (χ0n) is 18.3. The summed E-state index contributed by atoms with van der Waals surface area (Å²) >= 11 is 0. The van der Waals surface area contributed by atoms with Gasteiger partial charge >= 0.3 is 0 Å². The van der Waals surface area contributed by atoms with Crippen LogP contribution in [0, 0.1) is 19.7 Å². The lowest BCUT2D eigenvalue weighted by molar-refractivity contribution is 0.320. The Kier molecular flexibility index (Phi) is 5.36. The molecule has 0 saturated carbocycles. The predicted octanol–water partition coefficient (Wildman–Crippen LogP) is 7.06. The number of rotatable bonds is 4. The van der Waals surface area contributed by atoms with Gasteiger partial charge in [0.15, 0.2) is 0 Å². The molecule has 3 aromatic rings. The largest absolute Gasteiger partial charge is 0.410 e. The van der Waals surface area contributed by atoms with Gasteiger partial charge in [0.1, 0.15) is 11.5 Å². The molecular weight excluding hydrogens is 385 g/mol. The third-order valence-corrected chi connectivity index (χ3v) is 5.85. The summed E-state index contributed by atoms with van der Waals surface area (Å²) in [6.07, 6.45) is 5.57. The van der Waals surface area contributed by atoms with Gasteiger partial charge in [-0.15, -0.1) is 0 Å². The van der Waals surface area contributed by atoms with Crippen molar-refractivity contribution < 1.29 is 9.60 Å². The number of benzene rings is 3. The number of fused-ring (bicyclic) bond motifs is 1. The quantitative estimate of drug-likeness (QED) is 0.278. The summed E-state index contributed by atoms with van der Waals surface area (Å²) in [5.41, 5.74) is 8.35. The maximum absolute atomic E-state index is 14.2. The first-order chi connectivity index (χ1) is 14.8. The molecule has 1 aliphatic carbocycles. The topological polar surface area (TPSA) is 32.6 Å². The lowest BCUT2D eigenvalue weighted by atomic mass is 9.85. The molecule has 0 amide bonds. The van der Waals surface area contributed by atoms with Gasteiger partial charge in [0.05, 0.1) is 0 Å². The molecule has 4 rings (SSSR count). The standard InChI is InChI=1S/C28H26FNO/c1-18-5-8-20(9-6-18)24-17-28(3,4)25-16-22(11-13-23(24)25)27(30-31)14-12-21-10-7-19(2)15-26(21)29/h5-17,31H,1-4H3/b14-12+,30-27-. The highest BCUT2D eigenvalue weighted by atomic mass is 19.1. The Morgan fingerprint density at radius 3 is 2.32 bits per heavy atom. The Morgan fingerprint density at radius 1 is 0.935 bits per heavy atom. The lowest BCUT2D eigenvalue weighted by Gasteiger charge is -2.18. The van der Waals surface area contributed by atoms with Crippen LogP contribution in [0.25, 0.3) is 11.6 Å². The number of hydrogen-bond acceptors (Lipinski definition) is 2. The molecule has 0 radical (unpaired) electrons. The van der Waals surface area contributed by atoms with Gasteiger partial charge in [-0.3, -0.25) is 0 Å². The SMILES string of the molecule is Cc1ccc(C2=CC(C)(C)c3cc(C(/C=C/c4ccc(C)cc4F)=N\O)ccc32)cc1. The molecule has 1 N–H and O–H groups in total. The van der Waals surface area contributed by atoms with Crippen LogP contribution in [0.15, 0.2) is 78.0 Å². The molecule has 31 heavy (non-hydrogen) atoms. The monoisotopic (exact) mass is 411 g/mol. The molecule has 0 atom stereocenters. The van der Waals surface area contributed by atoms with Crippen LogP contribution in [0.3, 0.4) is 0 Å². The van der Waals surface area contributed by atoms with Gasteiger partial charge in [0.25, 0.3) is 0 Å². The van der Waals surface area contributed by atoms with E-state index in [1.165, 1.54) is 33.9 Å². The summed E-state index contributed by atoms with van der Waals surface area (Å²) in [5, 5.41) is 13.1. The van der Waals surface area contributed by atoms with E-state index in [1.54, 1.807) is 18.2 Å². The van der Waals surface area contributed by atoms with E-state index in [0.717, 1.165) is 11.1 Å². The first-order valence-electron chi connectivity index (χ1n) is 10.4. The molecule has 1 aliphatic rings. The number of halogens is 1. The minimum absolute atomic E-state index is 0.154. The molecule has 156 valence electrons. The van der Waals surface area contributed by atoms with Crippen LogP contribution in [0.4, 0.5) is 4.39 Å². The molecule has 0 fully saturated rings. The van der Waals surface area contributed by atoms with E-state index >= 15 is 0 Å². The van der Waals surface area contributed by atoms with Crippen molar-refractivity contribution in [1.82, 2.24) is 0 Å². The molecule has 0 aliphatic heterocycles. The van der Waals surface area contributed by atoms with Crippen LogP contribution in [-0.4, -0.2) is 10.9 Å². The highest BCUT2D eigenvalue weighted by Crippen LogP contribution is 2.43. The highest BCUT2D eigenvalue weighted by molar-refractivity contribution is 6.11. The van der Waals surface area contributed by atoms with Crippen molar-refractivity contribution in [2.24, 2.45) is 5.16 Å². The van der Waals surface area contributed by atoms with Crippen molar-refractivity contribution in [3.8, 4) is 0 Å². The first kappa shape index (κ1) is 20.8. The van der Waals surface area contributed by atoms with Crippen LogP contribution in [0.1, 0.15) is 52.8 Å². The molecular formula is C28H26FNO. The zero-order chi connectivity index (χ0) is 22.2. The van der Waals surface area contributed by atoms with Crippen molar-refractivity contribution in [3.05, 3.63) is 118 Å². The van der Waals surface area contributed by atoms with E-state index in [4.69, 9.17) is 0 Å². The lowest BCUT2D eigenvalue weighted by Crippen LogP contribution is -2.12. The Balaban J connectivity index is 1.69. The number of hydrogen-bond donors (Lipinski definition) is 1. The van der Waals surface area contributed by atoms with Gasteiger partial charge in [0.2, 0.25) is 0 Å². The van der Waals surface area contributed by atoms with Gasteiger partial charge in [0, 0.05) is 16.5 Å². The zero-order valence-corrected chi connectivity index (χ0v) is 18.3. The minimum Gasteiger partial charge on any atom is -0.410 e. The summed E-state index contributed by atoms with van der Waals surface area (Å²) < 4.78 is 14.2. The van der Waals surface area contributed by atoms with Crippen molar-refractivity contribution in [2.75, 3.05) is 0 Å². The van der Waals surface area contributed by atoms with Gasteiger partial charge in [-0.2, -0.15) is 0 Å². The van der Waals surface area contributed by atoms with Crippen molar-refractivity contribution in [1.29, 1.82) is 0 Å². The molecule has 0 unspecified atom stereocenters. The second-order valence-corrected chi connectivity index (χ2v) is 8.75. The molecule has 3 heteroatoms. The molecule has 0 saturated heterocycles. The van der Waals surface area contributed by atoms with Crippen molar-refractivity contribution in [2.45, 2.75) is 33.1 Å². The molecule has 0 aromatic heterocycles. The van der Waals surface area contributed by atoms with Gasteiger partial charge in [-0.25, -0.2) is 4.39 Å². The van der Waals surface area contributed by atoms with Gasteiger partial charge in [-0.05, 0) is 66.0 Å². The third-order valence-electron chi connectivity index (χ3n) is 5.85. The Labute approximate surface area is 183 Å². The van der Waals surface area contributed by atoms with Crippen LogP contribution in [-0.2, 0) is 5.41 Å². The van der Waals surface area contributed by atoms with E-state index in [1.807, 2.05) is 19.1 Å². The maximum atomic E-state index is 14.2. The molecule has 0 spiro atoms. The summed E-state index contributed by atoms with van der Waals surface area (Å²) in [5.74, 6) is -0.296. The average Bonchev–Trinajstić information content (AvgIpc) is 3.01. The number of allylic oxidation sites excluding steroid dienone is 2. The van der Waals surface area contributed by atoms with Crippen molar-refractivity contribution >= 4 is 17.4 Å². The van der Waals surface area contributed by atoms with Gasteiger partial charge < -0.3 is 5.21 Å². The van der Waals surface area contributed by atoms with E-state index in [0.29, 0.717) is 11.3 Å². The highest BCUT2D eigenvalue weighted by Gasteiger charge is 2.30. The molecule has 0 heterocycles. The van der Waals surface area contributed by atoms with E-state index in [9.17, 15) is 9.60 Å². The fourth-order valence-corrected chi connectivity index (χ4v) is 4.08. The van der Waals surface area contributed by atoms with Gasteiger partial charge in [-0.1, -0.05) is 79.2 Å². The smallest absolute Gasteiger partial charge is 0.130 e. The molecule has 2 nitrogen and oxygen atoms in total. The molecule has 3 aromatic carbocycles. The second kappa shape index (κ2) is 7.99. The predicted molar refractivity (Wildman–Crippen MR) is 126 cm³/mol. The van der Waals surface area contributed by atoms with Crippen molar-refractivity contribution in [3.63, 3.8) is 0 Å². The molecule has 0 bridgehead atoms. The van der Waals surface area contributed by atoms with Crippen LogP contribution >= 0.6 is 0 Å². The van der Waals surface area contributed by atoms with Crippen LogP contribution in [0.5, 0.6) is 0 Å². The number of nitrogens with zero attached hydrogens (tertiary/aromatic N) is 1. The number of aryl methyl sites for hydroxylation is 2. The fraction of sp³-hybridized carbons (Fsp3) is 0.179. The summed E-state index contributed by atoms with van der Waals surface area (Å²) in [4.78, 5) is 0. The normalized spacial score (nSPS) is 15.3. The first-order valence-corrected chi connectivity index (χ1v) is 10.4.